The average molecular weight is 375 g/mol. The van der Waals surface area contributed by atoms with Gasteiger partial charge in [0.2, 0.25) is 0 Å². The standard InChI is InChI=1S/C18H26N6OS/c1-12-3-6-23(8-13(19)10-25)15-4-7-24(9-16(15)26-12)18-14-2-5-20-17(14)21-11-22-18/h2,5,10-13,15-16H,3-4,6-9,19H2,1H3,(H,20,21,22). The zero-order valence-corrected chi connectivity index (χ0v) is 15.9. The van der Waals surface area contributed by atoms with Gasteiger partial charge in [-0.05, 0) is 25.5 Å². The fourth-order valence-electron chi connectivity index (χ4n) is 4.18. The van der Waals surface area contributed by atoms with E-state index in [0.29, 0.717) is 23.1 Å². The third kappa shape index (κ3) is 3.45. The maximum atomic E-state index is 11.0. The number of carbonyl (C=O) groups is 1. The topological polar surface area (TPSA) is 91.1 Å². The molecule has 8 heteroatoms. The molecule has 0 radical (unpaired) electrons. The number of anilines is 1. The highest BCUT2D eigenvalue weighted by Crippen LogP contribution is 2.36. The molecule has 2 aliphatic heterocycles. The van der Waals surface area contributed by atoms with E-state index in [1.807, 2.05) is 6.20 Å². The summed E-state index contributed by atoms with van der Waals surface area (Å²) in [5.41, 5.74) is 6.82. The minimum absolute atomic E-state index is 0.395. The van der Waals surface area contributed by atoms with Crippen molar-refractivity contribution < 1.29 is 4.79 Å². The van der Waals surface area contributed by atoms with Crippen LogP contribution in [0.15, 0.2) is 18.6 Å². The molecule has 2 aromatic rings. The summed E-state index contributed by atoms with van der Waals surface area (Å²) >= 11 is 2.07. The van der Waals surface area contributed by atoms with E-state index in [1.165, 1.54) is 0 Å². The second-order valence-electron chi connectivity index (χ2n) is 7.31. The number of nitrogens with zero attached hydrogens (tertiary/aromatic N) is 4. The van der Waals surface area contributed by atoms with Crippen molar-refractivity contribution in [3.05, 3.63) is 18.6 Å². The second-order valence-corrected chi connectivity index (χ2v) is 8.99. The van der Waals surface area contributed by atoms with E-state index in [1.54, 1.807) is 6.33 Å². The summed E-state index contributed by atoms with van der Waals surface area (Å²) in [4.78, 5) is 27.9. The van der Waals surface area contributed by atoms with Crippen molar-refractivity contribution in [2.45, 2.75) is 42.3 Å². The Morgan fingerprint density at radius 3 is 3.15 bits per heavy atom. The fraction of sp³-hybridized carbons (Fsp3) is 0.611. The zero-order chi connectivity index (χ0) is 18.1. The van der Waals surface area contributed by atoms with Crippen molar-refractivity contribution in [2.24, 2.45) is 5.73 Å². The molecule has 0 saturated carbocycles. The van der Waals surface area contributed by atoms with Crippen LogP contribution in [0.5, 0.6) is 0 Å². The van der Waals surface area contributed by atoms with E-state index < -0.39 is 6.04 Å². The molecule has 0 aliphatic carbocycles. The maximum Gasteiger partial charge on any atom is 0.142 e. The summed E-state index contributed by atoms with van der Waals surface area (Å²) in [5, 5.41) is 2.18. The van der Waals surface area contributed by atoms with Gasteiger partial charge in [-0.1, -0.05) is 6.92 Å². The lowest BCUT2D eigenvalue weighted by Crippen LogP contribution is -2.55. The lowest BCUT2D eigenvalue weighted by molar-refractivity contribution is -0.109. The predicted molar refractivity (Wildman–Crippen MR) is 106 cm³/mol. The molecule has 4 rings (SSSR count). The van der Waals surface area contributed by atoms with Gasteiger partial charge in [0.15, 0.2) is 0 Å². The van der Waals surface area contributed by atoms with Crippen LogP contribution in [0.3, 0.4) is 0 Å². The lowest BCUT2D eigenvalue weighted by atomic mass is 10.0. The monoisotopic (exact) mass is 374 g/mol. The van der Waals surface area contributed by atoms with Crippen molar-refractivity contribution in [3.8, 4) is 0 Å². The number of rotatable bonds is 4. The van der Waals surface area contributed by atoms with E-state index in [2.05, 4.69) is 49.5 Å². The molecule has 0 aromatic carbocycles. The number of hydrogen-bond acceptors (Lipinski definition) is 7. The molecule has 2 aromatic heterocycles. The van der Waals surface area contributed by atoms with Gasteiger partial charge in [0.1, 0.15) is 24.1 Å². The minimum Gasteiger partial charge on any atom is -0.355 e. The number of aromatic amines is 1. The molecule has 4 heterocycles. The summed E-state index contributed by atoms with van der Waals surface area (Å²) in [5.74, 6) is 1.02. The van der Waals surface area contributed by atoms with Gasteiger partial charge < -0.3 is 20.4 Å². The Kier molecular flexibility index (Phi) is 5.15. The molecule has 0 bridgehead atoms. The van der Waals surface area contributed by atoms with Crippen LogP contribution >= 0.6 is 11.8 Å². The van der Waals surface area contributed by atoms with Crippen LogP contribution in [0.2, 0.25) is 0 Å². The highest BCUT2D eigenvalue weighted by atomic mass is 32.2. The average Bonchev–Trinajstić information content (AvgIpc) is 3.08. The van der Waals surface area contributed by atoms with Gasteiger partial charge in [0.25, 0.3) is 0 Å². The highest BCUT2D eigenvalue weighted by molar-refractivity contribution is 8.00. The van der Waals surface area contributed by atoms with Gasteiger partial charge in [-0.3, -0.25) is 4.90 Å². The van der Waals surface area contributed by atoms with Crippen LogP contribution in [0.25, 0.3) is 11.0 Å². The lowest BCUT2D eigenvalue weighted by Gasteiger charge is -2.43. The van der Waals surface area contributed by atoms with Crippen molar-refractivity contribution in [3.63, 3.8) is 0 Å². The Balaban J connectivity index is 1.56. The molecule has 2 fully saturated rings. The Morgan fingerprint density at radius 2 is 2.31 bits per heavy atom. The van der Waals surface area contributed by atoms with E-state index in [9.17, 15) is 4.79 Å². The minimum atomic E-state index is -0.395. The van der Waals surface area contributed by atoms with Crippen molar-refractivity contribution in [2.75, 3.05) is 31.1 Å². The van der Waals surface area contributed by atoms with Crippen LogP contribution in [0, 0.1) is 0 Å². The fourth-order valence-corrected chi connectivity index (χ4v) is 5.77. The van der Waals surface area contributed by atoms with Gasteiger partial charge in [0, 0.05) is 42.4 Å². The number of nitrogens with two attached hydrogens (primary N) is 1. The van der Waals surface area contributed by atoms with Crippen LogP contribution in [0.4, 0.5) is 5.82 Å². The first-order chi connectivity index (χ1) is 12.7. The number of nitrogens with one attached hydrogen (secondary N) is 1. The predicted octanol–water partition coefficient (Wildman–Crippen LogP) is 1.26. The SMILES string of the molecule is CC1CCN(CC(N)C=O)C2CCN(c3ncnc4[nH]ccc34)CC2S1. The largest absolute Gasteiger partial charge is 0.355 e. The molecular weight excluding hydrogens is 348 g/mol. The van der Waals surface area contributed by atoms with Crippen molar-refractivity contribution >= 4 is 34.9 Å². The Bertz CT molecular complexity index is 767. The molecule has 140 valence electrons. The molecule has 0 amide bonds. The van der Waals surface area contributed by atoms with E-state index in [4.69, 9.17) is 5.73 Å². The summed E-state index contributed by atoms with van der Waals surface area (Å²) in [6.45, 7) is 5.91. The van der Waals surface area contributed by atoms with E-state index in [0.717, 1.165) is 55.6 Å². The van der Waals surface area contributed by atoms with Gasteiger partial charge in [0.05, 0.1) is 11.4 Å². The third-order valence-corrected chi connectivity index (χ3v) is 6.99. The summed E-state index contributed by atoms with van der Waals surface area (Å²) < 4.78 is 0. The third-order valence-electron chi connectivity index (χ3n) is 5.48. The summed E-state index contributed by atoms with van der Waals surface area (Å²) in [6.07, 6.45) is 6.62. The Hall–Kier alpha value is -1.64. The van der Waals surface area contributed by atoms with Gasteiger partial charge in [-0.15, -0.1) is 0 Å². The van der Waals surface area contributed by atoms with Crippen LogP contribution in [-0.2, 0) is 4.79 Å². The van der Waals surface area contributed by atoms with Crippen LogP contribution in [0.1, 0.15) is 19.8 Å². The van der Waals surface area contributed by atoms with Gasteiger partial charge >= 0.3 is 0 Å². The number of hydrogen-bond donors (Lipinski definition) is 2. The number of aldehydes is 1. The Labute approximate surface area is 157 Å². The molecule has 4 atom stereocenters. The zero-order valence-electron chi connectivity index (χ0n) is 15.0. The van der Waals surface area contributed by atoms with E-state index in [-0.39, 0.29) is 0 Å². The van der Waals surface area contributed by atoms with Crippen LogP contribution < -0.4 is 10.6 Å². The van der Waals surface area contributed by atoms with Crippen molar-refractivity contribution in [1.82, 2.24) is 19.9 Å². The number of carbonyl (C=O) groups excluding carboxylic acids is 1. The van der Waals surface area contributed by atoms with Gasteiger partial charge in [-0.25, -0.2) is 9.97 Å². The van der Waals surface area contributed by atoms with E-state index >= 15 is 0 Å². The molecule has 2 saturated heterocycles. The molecule has 26 heavy (non-hydrogen) atoms. The first kappa shape index (κ1) is 17.8. The number of aromatic nitrogens is 3. The van der Waals surface area contributed by atoms with Crippen LogP contribution in [-0.4, -0.2) is 74.9 Å². The summed E-state index contributed by atoms with van der Waals surface area (Å²) in [6, 6.07) is 2.12. The number of H-pyrrole nitrogens is 1. The summed E-state index contributed by atoms with van der Waals surface area (Å²) in [7, 11) is 0. The first-order valence-corrected chi connectivity index (χ1v) is 10.2. The number of fused-ring (bicyclic) bond motifs is 2. The molecule has 2 aliphatic rings. The number of thioether (sulfide) groups is 1. The molecule has 4 unspecified atom stereocenters. The molecule has 7 nitrogen and oxygen atoms in total. The molecule has 0 spiro atoms. The normalized spacial score (nSPS) is 28.5. The second kappa shape index (κ2) is 7.54. The number of piperidine rings is 1. The quantitative estimate of drug-likeness (QED) is 0.779. The molecular formula is C18H26N6OS. The first-order valence-electron chi connectivity index (χ1n) is 9.29. The maximum absolute atomic E-state index is 11.0. The Morgan fingerprint density at radius 1 is 1.42 bits per heavy atom. The molecule has 3 N–H and O–H groups in total. The smallest absolute Gasteiger partial charge is 0.142 e. The highest BCUT2D eigenvalue weighted by Gasteiger charge is 2.38. The van der Waals surface area contributed by atoms with Gasteiger partial charge in [-0.2, -0.15) is 11.8 Å². The van der Waals surface area contributed by atoms with Crippen molar-refractivity contribution in [1.29, 1.82) is 0 Å².